The molecule has 32 heavy (non-hydrogen) atoms. The van der Waals surface area contributed by atoms with Crippen molar-refractivity contribution in [3.63, 3.8) is 0 Å². The average molecular weight is 463 g/mol. The number of benzene rings is 1. The van der Waals surface area contributed by atoms with Crippen LogP contribution in [0.15, 0.2) is 30.5 Å². The normalized spacial score (nSPS) is 16.7. The van der Waals surface area contributed by atoms with E-state index in [-0.39, 0.29) is 30.1 Å². The van der Waals surface area contributed by atoms with Gasteiger partial charge in [-0.25, -0.2) is 12.8 Å². The number of nitrogens with zero attached hydrogens (tertiary/aromatic N) is 3. The van der Waals surface area contributed by atoms with Crippen molar-refractivity contribution >= 4 is 26.8 Å². The van der Waals surface area contributed by atoms with E-state index in [0.717, 1.165) is 0 Å². The number of pyridine rings is 1. The zero-order valence-electron chi connectivity index (χ0n) is 18.3. The molecule has 1 fully saturated rings. The SMILES string of the molecule is CCOc1ccc(F)c(-c2nn(C(C)C)c3cc(C(=O)NC4(C)CS(=O)(=O)C4)cnc23)c1.[HH]. The molecule has 0 unspecified atom stereocenters. The van der Waals surface area contributed by atoms with Crippen LogP contribution in [0, 0.1) is 5.82 Å². The van der Waals surface area contributed by atoms with E-state index in [9.17, 15) is 17.6 Å². The number of hydrogen-bond acceptors (Lipinski definition) is 6. The van der Waals surface area contributed by atoms with Crippen molar-refractivity contribution in [1.82, 2.24) is 20.1 Å². The molecule has 4 rings (SSSR count). The molecule has 1 amide bonds. The second kappa shape index (κ2) is 7.84. The van der Waals surface area contributed by atoms with E-state index < -0.39 is 27.1 Å². The van der Waals surface area contributed by atoms with Crippen LogP contribution in [-0.4, -0.2) is 52.7 Å². The zero-order chi connectivity index (χ0) is 23.3. The van der Waals surface area contributed by atoms with Gasteiger partial charge in [-0.3, -0.25) is 14.5 Å². The van der Waals surface area contributed by atoms with Crippen LogP contribution in [-0.2, 0) is 9.84 Å². The molecule has 1 aromatic carbocycles. The van der Waals surface area contributed by atoms with E-state index in [2.05, 4.69) is 15.4 Å². The fourth-order valence-electron chi connectivity index (χ4n) is 4.01. The van der Waals surface area contributed by atoms with Gasteiger partial charge in [-0.15, -0.1) is 0 Å². The molecule has 3 heterocycles. The lowest BCUT2D eigenvalue weighted by Crippen LogP contribution is -2.63. The number of carbonyl (C=O) groups excluding carboxylic acids is 1. The first-order valence-electron chi connectivity index (χ1n) is 10.4. The second-order valence-corrected chi connectivity index (χ2v) is 10.7. The van der Waals surface area contributed by atoms with Gasteiger partial charge in [0.2, 0.25) is 0 Å². The van der Waals surface area contributed by atoms with Gasteiger partial charge in [0.15, 0.2) is 9.84 Å². The topological polar surface area (TPSA) is 103 Å². The molecule has 2 aromatic heterocycles. The summed E-state index contributed by atoms with van der Waals surface area (Å²) in [5.74, 6) is -0.530. The Morgan fingerprint density at radius 2 is 2.06 bits per heavy atom. The fraction of sp³-hybridized carbons (Fsp3) is 0.409. The molecule has 1 saturated heterocycles. The summed E-state index contributed by atoms with van der Waals surface area (Å²) in [4.78, 5) is 17.2. The third kappa shape index (κ3) is 4.06. The summed E-state index contributed by atoms with van der Waals surface area (Å²) in [6.45, 7) is 7.84. The van der Waals surface area contributed by atoms with Gasteiger partial charge in [0, 0.05) is 19.2 Å². The summed E-state index contributed by atoms with van der Waals surface area (Å²) in [5.41, 5.74) is 1.14. The van der Waals surface area contributed by atoms with Crippen molar-refractivity contribution in [3.8, 4) is 17.0 Å². The molecule has 172 valence electrons. The predicted octanol–water partition coefficient (Wildman–Crippen LogP) is 3.38. The third-order valence-electron chi connectivity index (χ3n) is 5.29. The van der Waals surface area contributed by atoms with Gasteiger partial charge in [-0.2, -0.15) is 5.10 Å². The monoisotopic (exact) mass is 462 g/mol. The number of hydrogen-bond donors (Lipinski definition) is 1. The number of nitrogens with one attached hydrogen (secondary N) is 1. The number of rotatable bonds is 6. The number of halogens is 1. The fourth-order valence-corrected chi connectivity index (χ4v) is 6.01. The van der Waals surface area contributed by atoms with Gasteiger partial charge < -0.3 is 10.1 Å². The first-order valence-corrected chi connectivity index (χ1v) is 12.2. The Hall–Kier alpha value is -3.01. The quantitative estimate of drug-likeness (QED) is 0.602. The molecule has 0 spiro atoms. The first-order chi connectivity index (χ1) is 15.0. The Balaban J connectivity index is 0.00000306. The van der Waals surface area contributed by atoms with E-state index in [4.69, 9.17) is 4.74 Å². The summed E-state index contributed by atoms with van der Waals surface area (Å²) < 4.78 is 44.9. The minimum Gasteiger partial charge on any atom is -0.494 e. The summed E-state index contributed by atoms with van der Waals surface area (Å²) in [6.07, 6.45) is 1.40. The lowest BCUT2D eigenvalue weighted by molar-refractivity contribution is 0.0916. The van der Waals surface area contributed by atoms with Crippen LogP contribution < -0.4 is 10.1 Å². The van der Waals surface area contributed by atoms with Crippen molar-refractivity contribution in [2.45, 2.75) is 39.3 Å². The number of aromatic nitrogens is 3. The zero-order valence-corrected chi connectivity index (χ0v) is 19.2. The van der Waals surface area contributed by atoms with Crippen LogP contribution in [0.4, 0.5) is 4.39 Å². The minimum atomic E-state index is -3.10. The second-order valence-electron chi connectivity index (χ2n) is 8.60. The summed E-state index contributed by atoms with van der Waals surface area (Å²) in [7, 11) is -3.10. The highest BCUT2D eigenvalue weighted by atomic mass is 32.2. The van der Waals surface area contributed by atoms with Gasteiger partial charge in [0.25, 0.3) is 5.91 Å². The van der Waals surface area contributed by atoms with Crippen molar-refractivity contribution in [2.75, 3.05) is 18.1 Å². The molecule has 3 aromatic rings. The van der Waals surface area contributed by atoms with Crippen LogP contribution in [0.2, 0.25) is 0 Å². The third-order valence-corrected chi connectivity index (χ3v) is 7.45. The maximum Gasteiger partial charge on any atom is 0.253 e. The highest BCUT2D eigenvalue weighted by Gasteiger charge is 2.45. The molecule has 1 N–H and O–H groups in total. The van der Waals surface area contributed by atoms with E-state index >= 15 is 0 Å². The molecule has 10 heteroatoms. The summed E-state index contributed by atoms with van der Waals surface area (Å²) in [5, 5.41) is 7.37. The Morgan fingerprint density at radius 3 is 2.69 bits per heavy atom. The number of fused-ring (bicyclic) bond motifs is 1. The van der Waals surface area contributed by atoms with Crippen LogP contribution >= 0.6 is 0 Å². The Labute approximate surface area is 187 Å². The highest BCUT2D eigenvalue weighted by molar-refractivity contribution is 7.93. The molecule has 0 atom stereocenters. The molecular weight excluding hydrogens is 435 g/mol. The minimum absolute atomic E-state index is 0. The van der Waals surface area contributed by atoms with Crippen LogP contribution in [0.25, 0.3) is 22.3 Å². The molecular formula is C22H27FN4O4S. The number of ether oxygens (including phenoxy) is 1. The van der Waals surface area contributed by atoms with Gasteiger partial charge in [-0.05, 0) is 52.0 Å². The van der Waals surface area contributed by atoms with Crippen molar-refractivity contribution in [1.29, 1.82) is 0 Å². The van der Waals surface area contributed by atoms with Crippen molar-refractivity contribution < 1.29 is 23.8 Å². The highest BCUT2D eigenvalue weighted by Crippen LogP contribution is 2.33. The van der Waals surface area contributed by atoms with Crippen molar-refractivity contribution in [3.05, 3.63) is 41.8 Å². The maximum absolute atomic E-state index is 14.7. The van der Waals surface area contributed by atoms with E-state index in [1.807, 2.05) is 20.8 Å². The first kappa shape index (κ1) is 22.2. The lowest BCUT2D eigenvalue weighted by atomic mass is 10.1. The van der Waals surface area contributed by atoms with Crippen LogP contribution in [0.3, 0.4) is 0 Å². The smallest absolute Gasteiger partial charge is 0.253 e. The lowest BCUT2D eigenvalue weighted by Gasteiger charge is -2.38. The molecule has 0 bridgehead atoms. The van der Waals surface area contributed by atoms with E-state index in [0.29, 0.717) is 29.1 Å². The average Bonchev–Trinajstić information content (AvgIpc) is 3.06. The summed E-state index contributed by atoms with van der Waals surface area (Å²) >= 11 is 0. The number of amides is 1. The number of carbonyl (C=O) groups is 1. The standard InChI is InChI=1S/C22H25FN4O4S.H2/c1-5-31-15-6-7-17(23)16(9-15)19-20-18(27(26-19)13(2)3)8-14(10-24-20)21(28)25-22(4)11-32(29,30)12-22;/h6-10,13H,5,11-12H2,1-4H3,(H,25,28);1H. The van der Waals surface area contributed by atoms with Crippen molar-refractivity contribution in [2.24, 2.45) is 0 Å². The van der Waals surface area contributed by atoms with Gasteiger partial charge in [-0.1, -0.05) is 0 Å². The molecule has 0 saturated carbocycles. The Kier molecular flexibility index (Phi) is 5.44. The molecule has 0 aliphatic carbocycles. The van der Waals surface area contributed by atoms with Gasteiger partial charge in [0.1, 0.15) is 22.8 Å². The molecule has 0 radical (unpaired) electrons. The van der Waals surface area contributed by atoms with Crippen LogP contribution in [0.1, 0.15) is 45.5 Å². The summed E-state index contributed by atoms with van der Waals surface area (Å²) in [6, 6.07) is 6.05. The largest absolute Gasteiger partial charge is 0.494 e. The Bertz CT molecular complexity index is 1310. The maximum atomic E-state index is 14.7. The van der Waals surface area contributed by atoms with E-state index in [1.54, 1.807) is 29.8 Å². The molecule has 1 aliphatic heterocycles. The van der Waals surface area contributed by atoms with E-state index in [1.165, 1.54) is 12.3 Å². The molecule has 1 aliphatic rings. The number of sulfone groups is 1. The van der Waals surface area contributed by atoms with Gasteiger partial charge >= 0.3 is 0 Å². The van der Waals surface area contributed by atoms with Crippen LogP contribution in [0.5, 0.6) is 5.75 Å². The molecule has 8 nitrogen and oxygen atoms in total. The predicted molar refractivity (Wildman–Crippen MR) is 121 cm³/mol. The Morgan fingerprint density at radius 1 is 1.34 bits per heavy atom. The van der Waals surface area contributed by atoms with Gasteiger partial charge in [0.05, 0.1) is 34.7 Å².